The zero-order valence-corrected chi connectivity index (χ0v) is 10.1. The monoisotopic (exact) mass is 237 g/mol. The van der Waals surface area contributed by atoms with Gasteiger partial charge in [0, 0.05) is 18.7 Å². The summed E-state index contributed by atoms with van der Waals surface area (Å²) in [6, 6.07) is 4.76. The van der Waals surface area contributed by atoms with Crippen molar-refractivity contribution in [1.82, 2.24) is 0 Å². The molecule has 1 aromatic carbocycles. The highest BCUT2D eigenvalue weighted by molar-refractivity contribution is 5.94. The van der Waals surface area contributed by atoms with Gasteiger partial charge in [0.2, 0.25) is 5.91 Å². The van der Waals surface area contributed by atoms with Crippen molar-refractivity contribution in [1.29, 1.82) is 0 Å². The number of methoxy groups -OCH3 is 1. The smallest absolute Gasteiger partial charge is 0.341 e. The van der Waals surface area contributed by atoms with Crippen LogP contribution in [0.5, 0.6) is 5.75 Å². The first-order chi connectivity index (χ1) is 8.08. The van der Waals surface area contributed by atoms with Crippen molar-refractivity contribution in [3.05, 3.63) is 23.8 Å². The molecule has 0 aliphatic heterocycles. The molecule has 0 spiro atoms. The van der Waals surface area contributed by atoms with Gasteiger partial charge in [0.1, 0.15) is 11.3 Å². The van der Waals surface area contributed by atoms with E-state index in [9.17, 15) is 9.59 Å². The highest BCUT2D eigenvalue weighted by atomic mass is 16.5. The number of amides is 1. The lowest BCUT2D eigenvalue weighted by Gasteiger charge is -2.10. The number of carbonyl (C=O) groups is 2. The molecule has 0 aliphatic carbocycles. The lowest BCUT2D eigenvalue weighted by Crippen LogP contribution is -2.09. The van der Waals surface area contributed by atoms with Crippen LogP contribution in [0.15, 0.2) is 18.2 Å². The molecule has 0 aliphatic rings. The van der Waals surface area contributed by atoms with Crippen LogP contribution in [-0.4, -0.2) is 25.6 Å². The van der Waals surface area contributed by atoms with Crippen LogP contribution < -0.4 is 10.1 Å². The number of nitrogens with one attached hydrogen (secondary N) is 1. The molecule has 1 rings (SSSR count). The summed E-state index contributed by atoms with van der Waals surface area (Å²) in [5.74, 6) is -0.260. The number of anilines is 1. The van der Waals surface area contributed by atoms with Gasteiger partial charge in [-0.2, -0.15) is 0 Å². The molecule has 0 unspecified atom stereocenters. The summed E-state index contributed by atoms with van der Waals surface area (Å²) in [7, 11) is 1.45. The van der Waals surface area contributed by atoms with Gasteiger partial charge in [-0.3, -0.25) is 4.79 Å². The van der Waals surface area contributed by atoms with Gasteiger partial charge in [-0.05, 0) is 19.1 Å². The normalized spacial score (nSPS) is 9.59. The van der Waals surface area contributed by atoms with Crippen LogP contribution in [0.25, 0.3) is 0 Å². The minimum absolute atomic E-state index is 0.184. The molecule has 5 heteroatoms. The second kappa shape index (κ2) is 5.89. The molecular formula is C12H15NO4. The Kier molecular flexibility index (Phi) is 4.51. The first kappa shape index (κ1) is 13.0. The maximum absolute atomic E-state index is 11.6. The van der Waals surface area contributed by atoms with E-state index in [2.05, 4.69) is 5.32 Å². The first-order valence-electron chi connectivity index (χ1n) is 5.21. The molecule has 0 saturated heterocycles. The van der Waals surface area contributed by atoms with Crippen LogP contribution >= 0.6 is 0 Å². The van der Waals surface area contributed by atoms with Crippen molar-refractivity contribution in [2.45, 2.75) is 13.8 Å². The van der Waals surface area contributed by atoms with Crippen LogP contribution in [0.3, 0.4) is 0 Å². The third-order valence-corrected chi connectivity index (χ3v) is 2.02. The minimum Gasteiger partial charge on any atom is -0.496 e. The average molecular weight is 237 g/mol. The van der Waals surface area contributed by atoms with Crippen molar-refractivity contribution in [2.24, 2.45) is 0 Å². The molecule has 1 amide bonds. The Labute approximate surface area is 99.7 Å². The van der Waals surface area contributed by atoms with Gasteiger partial charge in [0.15, 0.2) is 0 Å². The lowest BCUT2D eigenvalue weighted by molar-refractivity contribution is -0.114. The minimum atomic E-state index is -0.446. The molecule has 1 N–H and O–H groups in total. The van der Waals surface area contributed by atoms with Crippen LogP contribution in [0, 0.1) is 0 Å². The zero-order valence-electron chi connectivity index (χ0n) is 10.1. The number of rotatable bonds is 4. The quantitative estimate of drug-likeness (QED) is 0.811. The summed E-state index contributed by atoms with van der Waals surface area (Å²) >= 11 is 0. The Hall–Kier alpha value is -2.04. The summed E-state index contributed by atoms with van der Waals surface area (Å²) in [5, 5.41) is 2.61. The van der Waals surface area contributed by atoms with E-state index < -0.39 is 5.97 Å². The molecule has 17 heavy (non-hydrogen) atoms. The van der Waals surface area contributed by atoms with E-state index in [0.29, 0.717) is 23.6 Å². The maximum atomic E-state index is 11.6. The topological polar surface area (TPSA) is 64.6 Å². The Morgan fingerprint density at radius 1 is 1.35 bits per heavy atom. The molecule has 0 radical (unpaired) electrons. The number of carbonyl (C=O) groups excluding carboxylic acids is 2. The highest BCUT2D eigenvalue weighted by Crippen LogP contribution is 2.23. The van der Waals surface area contributed by atoms with E-state index in [0.717, 1.165) is 0 Å². The van der Waals surface area contributed by atoms with E-state index in [-0.39, 0.29) is 5.91 Å². The SMILES string of the molecule is CCOC(=O)c1ccc(NC(C)=O)cc1OC. The lowest BCUT2D eigenvalue weighted by atomic mass is 10.2. The fourth-order valence-corrected chi connectivity index (χ4v) is 1.35. The molecule has 1 aromatic rings. The fourth-order valence-electron chi connectivity index (χ4n) is 1.35. The number of hydrogen-bond donors (Lipinski definition) is 1. The van der Waals surface area contributed by atoms with E-state index in [1.54, 1.807) is 25.1 Å². The van der Waals surface area contributed by atoms with Crippen molar-refractivity contribution in [3.8, 4) is 5.75 Å². The molecule has 0 atom stereocenters. The number of hydrogen-bond acceptors (Lipinski definition) is 4. The van der Waals surface area contributed by atoms with E-state index in [1.165, 1.54) is 14.0 Å². The Morgan fingerprint density at radius 3 is 2.59 bits per heavy atom. The molecule has 92 valence electrons. The van der Waals surface area contributed by atoms with Crippen LogP contribution in [-0.2, 0) is 9.53 Å². The first-order valence-corrected chi connectivity index (χ1v) is 5.21. The van der Waals surface area contributed by atoms with Gasteiger partial charge in [0.05, 0.1) is 13.7 Å². The maximum Gasteiger partial charge on any atom is 0.341 e. The number of esters is 1. The fraction of sp³-hybridized carbons (Fsp3) is 0.333. The zero-order chi connectivity index (χ0) is 12.8. The average Bonchev–Trinajstić information content (AvgIpc) is 2.28. The van der Waals surface area contributed by atoms with E-state index in [4.69, 9.17) is 9.47 Å². The Balaban J connectivity index is 3.00. The second-order valence-corrected chi connectivity index (χ2v) is 3.32. The molecule has 0 saturated carbocycles. The highest BCUT2D eigenvalue weighted by Gasteiger charge is 2.13. The number of benzene rings is 1. The van der Waals surface area contributed by atoms with Gasteiger partial charge in [-0.25, -0.2) is 4.79 Å². The predicted octanol–water partition coefficient (Wildman–Crippen LogP) is 1.83. The van der Waals surface area contributed by atoms with Gasteiger partial charge < -0.3 is 14.8 Å². The van der Waals surface area contributed by atoms with Crippen LogP contribution in [0.2, 0.25) is 0 Å². The van der Waals surface area contributed by atoms with Crippen LogP contribution in [0.1, 0.15) is 24.2 Å². The van der Waals surface area contributed by atoms with Crippen molar-refractivity contribution in [3.63, 3.8) is 0 Å². The van der Waals surface area contributed by atoms with Gasteiger partial charge in [0.25, 0.3) is 0 Å². The standard InChI is InChI=1S/C12H15NO4/c1-4-17-12(15)10-6-5-9(13-8(2)14)7-11(10)16-3/h5-7H,4H2,1-3H3,(H,13,14). The molecule has 5 nitrogen and oxygen atoms in total. The summed E-state index contributed by atoms with van der Waals surface area (Å²) in [6.07, 6.45) is 0. The van der Waals surface area contributed by atoms with Gasteiger partial charge in [-0.15, -0.1) is 0 Å². The molecule has 0 bridgehead atoms. The molecule has 0 aromatic heterocycles. The Bertz CT molecular complexity index is 429. The molecular weight excluding hydrogens is 222 g/mol. The van der Waals surface area contributed by atoms with Crippen molar-refractivity contribution in [2.75, 3.05) is 19.0 Å². The van der Waals surface area contributed by atoms with Crippen molar-refractivity contribution >= 4 is 17.6 Å². The molecule has 0 heterocycles. The van der Waals surface area contributed by atoms with Crippen molar-refractivity contribution < 1.29 is 19.1 Å². The summed E-state index contributed by atoms with van der Waals surface area (Å²) < 4.78 is 9.97. The summed E-state index contributed by atoms with van der Waals surface area (Å²) in [6.45, 7) is 3.44. The largest absolute Gasteiger partial charge is 0.496 e. The third kappa shape index (κ3) is 3.48. The summed E-state index contributed by atoms with van der Waals surface area (Å²) in [4.78, 5) is 22.5. The predicted molar refractivity (Wildman–Crippen MR) is 63.3 cm³/mol. The number of ether oxygens (including phenoxy) is 2. The van der Waals surface area contributed by atoms with E-state index >= 15 is 0 Å². The Morgan fingerprint density at radius 2 is 2.06 bits per heavy atom. The molecule has 0 fully saturated rings. The second-order valence-electron chi connectivity index (χ2n) is 3.32. The van der Waals surface area contributed by atoms with Gasteiger partial charge >= 0.3 is 5.97 Å². The van der Waals surface area contributed by atoms with Crippen LogP contribution in [0.4, 0.5) is 5.69 Å². The third-order valence-electron chi connectivity index (χ3n) is 2.02. The van der Waals surface area contributed by atoms with E-state index in [1.807, 2.05) is 0 Å². The van der Waals surface area contributed by atoms with Gasteiger partial charge in [-0.1, -0.05) is 0 Å². The summed E-state index contributed by atoms with van der Waals surface area (Å²) in [5.41, 5.74) is 0.908.